The number of rotatable bonds is 4. The molecular weight excluding hydrogens is 324 g/mol. The lowest BCUT2D eigenvalue weighted by molar-refractivity contribution is 0.0994. The maximum atomic E-state index is 12.8. The highest BCUT2D eigenvalue weighted by Gasteiger charge is 2.21. The molecule has 1 aromatic carbocycles. The number of thiophene rings is 1. The second-order valence-electron chi connectivity index (χ2n) is 5.78. The fourth-order valence-electron chi connectivity index (χ4n) is 3.03. The van der Waals surface area contributed by atoms with Crippen LogP contribution in [0.5, 0.6) is 0 Å². The summed E-state index contributed by atoms with van der Waals surface area (Å²) in [5, 5.41) is 2.75. The van der Waals surface area contributed by atoms with Gasteiger partial charge in [0.15, 0.2) is 5.78 Å². The summed E-state index contributed by atoms with van der Waals surface area (Å²) in [6, 6.07) is 8.17. The van der Waals surface area contributed by atoms with Gasteiger partial charge in [-0.05, 0) is 54.8 Å². The lowest BCUT2D eigenvalue weighted by Crippen LogP contribution is -2.14. The highest BCUT2D eigenvalue weighted by molar-refractivity contribution is 8.00. The molecular formula is C18H16N2OS2. The summed E-state index contributed by atoms with van der Waals surface area (Å²) in [6.07, 6.45) is 5.02. The Kier molecular flexibility index (Phi) is 3.91. The molecule has 116 valence electrons. The zero-order chi connectivity index (χ0) is 15.8. The number of carbonyl (C=O) groups excluding carboxylic acids is 1. The van der Waals surface area contributed by atoms with E-state index >= 15 is 0 Å². The van der Waals surface area contributed by atoms with E-state index in [2.05, 4.69) is 22.1 Å². The van der Waals surface area contributed by atoms with Crippen molar-refractivity contribution in [2.45, 2.75) is 36.5 Å². The number of aromatic nitrogens is 2. The molecule has 0 saturated heterocycles. The van der Waals surface area contributed by atoms with Crippen molar-refractivity contribution in [1.82, 2.24) is 9.97 Å². The summed E-state index contributed by atoms with van der Waals surface area (Å²) in [5.74, 6) is 0.174. The Balaban J connectivity index is 1.58. The molecule has 0 N–H and O–H groups in total. The van der Waals surface area contributed by atoms with Gasteiger partial charge in [-0.1, -0.05) is 23.9 Å². The number of ketones is 1. The Labute approximate surface area is 143 Å². The lowest BCUT2D eigenvalue weighted by atomic mass is 10.0. The van der Waals surface area contributed by atoms with E-state index in [0.717, 1.165) is 33.6 Å². The third-order valence-corrected chi connectivity index (χ3v) is 6.39. The first kappa shape index (κ1) is 14.8. The van der Waals surface area contributed by atoms with Crippen LogP contribution >= 0.6 is 23.1 Å². The molecule has 0 radical (unpaired) electrons. The molecule has 0 saturated carbocycles. The van der Waals surface area contributed by atoms with Crippen LogP contribution in [0.2, 0.25) is 0 Å². The SMILES string of the molecule is C[C@@H](Sc1ncnc2ccsc12)C(=O)c1ccc2c(c1)CCC2. The van der Waals surface area contributed by atoms with Gasteiger partial charge in [-0.15, -0.1) is 11.3 Å². The van der Waals surface area contributed by atoms with Gasteiger partial charge in [0.25, 0.3) is 0 Å². The summed E-state index contributed by atoms with van der Waals surface area (Å²) in [7, 11) is 0. The van der Waals surface area contributed by atoms with Crippen molar-refractivity contribution in [3.63, 3.8) is 0 Å². The summed E-state index contributed by atoms with van der Waals surface area (Å²) in [5.41, 5.74) is 4.51. The van der Waals surface area contributed by atoms with Crippen molar-refractivity contribution in [2.24, 2.45) is 0 Å². The van der Waals surface area contributed by atoms with E-state index < -0.39 is 0 Å². The standard InChI is InChI=1S/C18H16N2OS2/c1-11(23-18-17-15(7-8-22-17)19-10-20-18)16(21)14-6-5-12-3-2-4-13(12)9-14/h5-11H,2-4H2,1H3/t11-/m1/s1. The number of hydrogen-bond acceptors (Lipinski definition) is 5. The predicted octanol–water partition coefficient (Wildman–Crippen LogP) is 4.54. The van der Waals surface area contributed by atoms with Crippen LogP contribution in [-0.2, 0) is 12.8 Å². The third kappa shape index (κ3) is 2.79. The molecule has 0 fully saturated rings. The minimum absolute atomic E-state index is 0.158. The minimum atomic E-state index is -0.158. The number of aryl methyl sites for hydroxylation is 2. The van der Waals surface area contributed by atoms with Crippen molar-refractivity contribution in [2.75, 3.05) is 0 Å². The molecule has 4 rings (SSSR count). The van der Waals surface area contributed by atoms with E-state index in [1.165, 1.54) is 29.3 Å². The maximum Gasteiger partial charge on any atom is 0.175 e. The monoisotopic (exact) mass is 340 g/mol. The lowest BCUT2D eigenvalue weighted by Gasteiger charge is -2.11. The van der Waals surface area contributed by atoms with Gasteiger partial charge in [-0.3, -0.25) is 4.79 Å². The number of fused-ring (bicyclic) bond motifs is 2. The van der Waals surface area contributed by atoms with Gasteiger partial charge >= 0.3 is 0 Å². The van der Waals surface area contributed by atoms with Crippen LogP contribution in [0, 0.1) is 0 Å². The Morgan fingerprint density at radius 3 is 3.00 bits per heavy atom. The molecule has 5 heteroatoms. The zero-order valence-electron chi connectivity index (χ0n) is 12.8. The minimum Gasteiger partial charge on any atom is -0.293 e. The fourth-order valence-corrected chi connectivity index (χ4v) is 4.95. The van der Waals surface area contributed by atoms with Gasteiger partial charge in [0.2, 0.25) is 0 Å². The maximum absolute atomic E-state index is 12.8. The molecule has 0 spiro atoms. The number of Topliss-reactive ketones (excluding diaryl/α,β-unsaturated/α-hetero) is 1. The van der Waals surface area contributed by atoms with Crippen LogP contribution in [-0.4, -0.2) is 21.0 Å². The van der Waals surface area contributed by atoms with Gasteiger partial charge in [0.1, 0.15) is 11.4 Å². The first-order valence-electron chi connectivity index (χ1n) is 7.73. The number of carbonyl (C=O) groups is 1. The Hall–Kier alpha value is -1.72. The normalized spacial score (nSPS) is 14.8. The average molecular weight is 340 g/mol. The third-order valence-electron chi connectivity index (χ3n) is 4.25. The largest absolute Gasteiger partial charge is 0.293 e. The van der Waals surface area contributed by atoms with Crippen LogP contribution in [0.3, 0.4) is 0 Å². The van der Waals surface area contributed by atoms with Crippen molar-refractivity contribution in [3.8, 4) is 0 Å². The highest BCUT2D eigenvalue weighted by Crippen LogP contribution is 2.33. The topological polar surface area (TPSA) is 42.9 Å². The van der Waals surface area contributed by atoms with E-state index in [9.17, 15) is 4.79 Å². The van der Waals surface area contributed by atoms with Crippen molar-refractivity contribution < 1.29 is 4.79 Å². The molecule has 0 amide bonds. The molecule has 1 aliphatic rings. The zero-order valence-corrected chi connectivity index (χ0v) is 14.4. The van der Waals surface area contributed by atoms with Crippen LogP contribution in [0.1, 0.15) is 34.8 Å². The molecule has 1 atom stereocenters. The van der Waals surface area contributed by atoms with Gasteiger partial charge < -0.3 is 0 Å². The Bertz CT molecular complexity index is 888. The van der Waals surface area contributed by atoms with Gasteiger partial charge in [0.05, 0.1) is 15.5 Å². The summed E-state index contributed by atoms with van der Waals surface area (Å²) in [6.45, 7) is 1.96. The van der Waals surface area contributed by atoms with Crippen LogP contribution in [0.25, 0.3) is 10.2 Å². The average Bonchev–Trinajstić information content (AvgIpc) is 3.22. The van der Waals surface area contributed by atoms with Gasteiger partial charge in [-0.25, -0.2) is 9.97 Å². The van der Waals surface area contributed by atoms with E-state index in [4.69, 9.17) is 0 Å². The van der Waals surface area contributed by atoms with Crippen molar-refractivity contribution >= 4 is 39.1 Å². The molecule has 0 unspecified atom stereocenters. The number of benzene rings is 1. The van der Waals surface area contributed by atoms with Crippen LogP contribution in [0.4, 0.5) is 0 Å². The second kappa shape index (κ2) is 6.06. The smallest absolute Gasteiger partial charge is 0.175 e. The second-order valence-corrected chi connectivity index (χ2v) is 8.02. The molecule has 23 heavy (non-hydrogen) atoms. The molecule has 0 aliphatic heterocycles. The van der Waals surface area contributed by atoms with E-state index in [1.54, 1.807) is 17.7 Å². The molecule has 0 bridgehead atoms. The fraction of sp³-hybridized carbons (Fsp3) is 0.278. The molecule has 3 nitrogen and oxygen atoms in total. The number of thioether (sulfide) groups is 1. The molecule has 1 aliphatic carbocycles. The van der Waals surface area contributed by atoms with E-state index in [-0.39, 0.29) is 11.0 Å². The first-order valence-corrected chi connectivity index (χ1v) is 9.49. The predicted molar refractivity (Wildman–Crippen MR) is 95.5 cm³/mol. The number of nitrogens with zero attached hydrogens (tertiary/aromatic N) is 2. The quantitative estimate of drug-likeness (QED) is 0.397. The number of hydrogen-bond donors (Lipinski definition) is 0. The Morgan fingerprint density at radius 2 is 2.09 bits per heavy atom. The Morgan fingerprint density at radius 1 is 1.22 bits per heavy atom. The molecule has 2 heterocycles. The van der Waals surface area contributed by atoms with Gasteiger partial charge in [-0.2, -0.15) is 0 Å². The van der Waals surface area contributed by atoms with Crippen LogP contribution < -0.4 is 0 Å². The van der Waals surface area contributed by atoms with Crippen LogP contribution in [0.15, 0.2) is 41.0 Å². The van der Waals surface area contributed by atoms with Gasteiger partial charge in [0, 0.05) is 5.56 Å². The summed E-state index contributed by atoms with van der Waals surface area (Å²) in [4.78, 5) is 21.4. The first-order chi connectivity index (χ1) is 11.2. The van der Waals surface area contributed by atoms with Crippen molar-refractivity contribution in [1.29, 1.82) is 0 Å². The van der Waals surface area contributed by atoms with E-state index in [1.807, 2.05) is 24.4 Å². The molecule has 3 aromatic rings. The molecule has 2 aromatic heterocycles. The summed E-state index contributed by atoms with van der Waals surface area (Å²) < 4.78 is 1.06. The van der Waals surface area contributed by atoms with E-state index in [0.29, 0.717) is 0 Å². The highest BCUT2D eigenvalue weighted by atomic mass is 32.2. The summed E-state index contributed by atoms with van der Waals surface area (Å²) >= 11 is 3.15. The van der Waals surface area contributed by atoms with Crippen molar-refractivity contribution in [3.05, 3.63) is 52.7 Å².